The fourth-order valence-corrected chi connectivity index (χ4v) is 3.72. The van der Waals surface area contributed by atoms with Gasteiger partial charge < -0.3 is 9.05 Å². The second kappa shape index (κ2) is 8.43. The smallest absolute Gasteiger partial charge is 0.395 e. The van der Waals surface area contributed by atoms with Crippen molar-refractivity contribution in [1.82, 2.24) is 0 Å². The standard InChI is InChI=1S/C22H23O4P/c1-3-17-10-15-22(18(4-2)16-17)19-11-13-21(14-12-19)26-27(23,24)25-20-8-6-5-7-9-20/h5-16H,3-4H2,1-2H3,(H,23,24). The second-order valence-corrected chi connectivity index (χ2v) is 7.49. The first kappa shape index (κ1) is 19.2. The Balaban J connectivity index is 1.76. The Morgan fingerprint density at radius 3 is 2.04 bits per heavy atom. The summed E-state index contributed by atoms with van der Waals surface area (Å²) in [6.45, 7) is 4.28. The number of hydrogen-bond donors (Lipinski definition) is 1. The summed E-state index contributed by atoms with van der Waals surface area (Å²) < 4.78 is 22.4. The molecular weight excluding hydrogens is 359 g/mol. The molecule has 5 heteroatoms. The molecule has 0 amide bonds. The van der Waals surface area contributed by atoms with Gasteiger partial charge >= 0.3 is 7.82 Å². The van der Waals surface area contributed by atoms with Gasteiger partial charge in [0.05, 0.1) is 0 Å². The van der Waals surface area contributed by atoms with Crippen LogP contribution < -0.4 is 9.05 Å². The highest BCUT2D eigenvalue weighted by atomic mass is 31.2. The van der Waals surface area contributed by atoms with Gasteiger partial charge in [0.1, 0.15) is 11.5 Å². The molecule has 0 bridgehead atoms. The Hall–Kier alpha value is -2.55. The van der Waals surface area contributed by atoms with Gasteiger partial charge in [-0.2, -0.15) is 0 Å². The quantitative estimate of drug-likeness (QED) is 0.507. The summed E-state index contributed by atoms with van der Waals surface area (Å²) in [5, 5.41) is 0. The van der Waals surface area contributed by atoms with Gasteiger partial charge in [-0.25, -0.2) is 4.57 Å². The summed E-state index contributed by atoms with van der Waals surface area (Å²) in [4.78, 5) is 9.96. The molecule has 1 N–H and O–H groups in total. The summed E-state index contributed by atoms with van der Waals surface area (Å²) in [5.74, 6) is 0.562. The lowest BCUT2D eigenvalue weighted by molar-refractivity contribution is 0.291. The van der Waals surface area contributed by atoms with Crippen LogP contribution in [0.2, 0.25) is 0 Å². The highest BCUT2D eigenvalue weighted by Crippen LogP contribution is 2.44. The first-order valence-corrected chi connectivity index (χ1v) is 10.5. The molecule has 0 spiro atoms. The molecule has 0 aliphatic carbocycles. The number of rotatable bonds is 7. The van der Waals surface area contributed by atoms with Gasteiger partial charge in [0.2, 0.25) is 0 Å². The molecular formula is C22H23O4P. The molecule has 0 fully saturated rings. The molecule has 3 aromatic carbocycles. The fraction of sp³-hybridized carbons (Fsp3) is 0.182. The Morgan fingerprint density at radius 1 is 0.815 bits per heavy atom. The first-order valence-electron chi connectivity index (χ1n) is 9.00. The van der Waals surface area contributed by atoms with Crippen molar-refractivity contribution < 1.29 is 18.5 Å². The predicted octanol–water partition coefficient (Wildman–Crippen LogP) is 6.04. The molecule has 3 aromatic rings. The normalized spacial score (nSPS) is 13.0. The molecule has 4 nitrogen and oxygen atoms in total. The van der Waals surface area contributed by atoms with Gasteiger partial charge in [-0.15, -0.1) is 0 Å². The number of benzene rings is 3. The van der Waals surface area contributed by atoms with Crippen LogP contribution in [0.5, 0.6) is 11.5 Å². The van der Waals surface area contributed by atoms with E-state index in [0.717, 1.165) is 24.0 Å². The van der Waals surface area contributed by atoms with Gasteiger partial charge in [0.15, 0.2) is 0 Å². The van der Waals surface area contributed by atoms with Crippen molar-refractivity contribution in [3.63, 3.8) is 0 Å². The largest absolute Gasteiger partial charge is 0.584 e. The third-order valence-corrected chi connectivity index (χ3v) is 5.19. The van der Waals surface area contributed by atoms with Crippen LogP contribution in [0.4, 0.5) is 0 Å². The van der Waals surface area contributed by atoms with E-state index in [1.165, 1.54) is 11.1 Å². The van der Waals surface area contributed by atoms with Crippen LogP contribution in [0.1, 0.15) is 25.0 Å². The highest BCUT2D eigenvalue weighted by Gasteiger charge is 2.25. The van der Waals surface area contributed by atoms with Crippen LogP contribution in [0, 0.1) is 0 Å². The van der Waals surface area contributed by atoms with Crippen LogP contribution in [0.3, 0.4) is 0 Å². The maximum absolute atomic E-state index is 12.2. The van der Waals surface area contributed by atoms with Crippen LogP contribution in [-0.4, -0.2) is 4.89 Å². The SMILES string of the molecule is CCc1ccc(-c2ccc(OP(=O)(O)Oc3ccccc3)cc2)c(CC)c1. The zero-order valence-corrected chi connectivity index (χ0v) is 16.4. The highest BCUT2D eigenvalue weighted by molar-refractivity contribution is 7.48. The zero-order valence-electron chi connectivity index (χ0n) is 15.5. The Morgan fingerprint density at radius 2 is 1.44 bits per heavy atom. The Bertz CT molecular complexity index is 936. The average Bonchev–Trinajstić information content (AvgIpc) is 2.68. The molecule has 1 atom stereocenters. The first-order chi connectivity index (χ1) is 13.0. The molecule has 27 heavy (non-hydrogen) atoms. The number of para-hydroxylation sites is 1. The number of phosphoric acid groups is 1. The minimum atomic E-state index is -4.25. The zero-order chi connectivity index (χ0) is 19.3. The van der Waals surface area contributed by atoms with Crippen LogP contribution in [0.15, 0.2) is 72.8 Å². The van der Waals surface area contributed by atoms with Crippen molar-refractivity contribution in [2.75, 3.05) is 0 Å². The lowest BCUT2D eigenvalue weighted by Gasteiger charge is -2.14. The molecule has 1 unspecified atom stereocenters. The number of hydrogen-bond acceptors (Lipinski definition) is 3. The number of phosphoric ester groups is 1. The van der Waals surface area contributed by atoms with E-state index in [0.29, 0.717) is 0 Å². The van der Waals surface area contributed by atoms with E-state index in [1.54, 1.807) is 42.5 Å². The maximum Gasteiger partial charge on any atom is 0.584 e. The molecule has 0 saturated carbocycles. The van der Waals surface area contributed by atoms with E-state index in [4.69, 9.17) is 9.05 Å². The molecule has 140 valence electrons. The van der Waals surface area contributed by atoms with Crippen molar-refractivity contribution in [3.05, 3.63) is 83.9 Å². The summed E-state index contributed by atoms with van der Waals surface area (Å²) in [5.41, 5.74) is 4.80. The Labute approximate surface area is 160 Å². The van der Waals surface area contributed by atoms with E-state index < -0.39 is 7.82 Å². The molecule has 0 aromatic heterocycles. The molecule has 0 heterocycles. The monoisotopic (exact) mass is 382 g/mol. The summed E-state index contributed by atoms with van der Waals surface area (Å²) in [7, 11) is -4.25. The Kier molecular flexibility index (Phi) is 6.00. The van der Waals surface area contributed by atoms with Crippen molar-refractivity contribution in [3.8, 4) is 22.6 Å². The van der Waals surface area contributed by atoms with Crippen molar-refractivity contribution >= 4 is 7.82 Å². The lowest BCUT2D eigenvalue weighted by Crippen LogP contribution is -1.99. The fourth-order valence-electron chi connectivity index (χ4n) is 2.90. The minimum Gasteiger partial charge on any atom is -0.395 e. The van der Waals surface area contributed by atoms with E-state index in [9.17, 15) is 9.46 Å². The maximum atomic E-state index is 12.2. The lowest BCUT2D eigenvalue weighted by atomic mass is 9.95. The third kappa shape index (κ3) is 5.00. The third-order valence-electron chi connectivity index (χ3n) is 4.31. The molecule has 0 saturated heterocycles. The van der Waals surface area contributed by atoms with Crippen molar-refractivity contribution in [2.45, 2.75) is 26.7 Å². The molecule has 0 aliphatic rings. The van der Waals surface area contributed by atoms with Crippen molar-refractivity contribution in [2.24, 2.45) is 0 Å². The summed E-state index contributed by atoms with van der Waals surface area (Å²) in [6, 6.07) is 22.1. The van der Waals surface area contributed by atoms with E-state index in [1.807, 2.05) is 12.1 Å². The van der Waals surface area contributed by atoms with Crippen LogP contribution >= 0.6 is 7.82 Å². The van der Waals surface area contributed by atoms with Gasteiger partial charge in [0, 0.05) is 0 Å². The van der Waals surface area contributed by atoms with E-state index >= 15 is 0 Å². The van der Waals surface area contributed by atoms with E-state index in [-0.39, 0.29) is 11.5 Å². The molecule has 0 radical (unpaired) electrons. The van der Waals surface area contributed by atoms with Gasteiger partial charge in [-0.3, -0.25) is 4.89 Å². The predicted molar refractivity (Wildman–Crippen MR) is 108 cm³/mol. The summed E-state index contributed by atoms with van der Waals surface area (Å²) >= 11 is 0. The van der Waals surface area contributed by atoms with E-state index in [2.05, 4.69) is 32.0 Å². The van der Waals surface area contributed by atoms with Crippen LogP contribution in [0.25, 0.3) is 11.1 Å². The topological polar surface area (TPSA) is 55.8 Å². The second-order valence-electron chi connectivity index (χ2n) is 6.19. The minimum absolute atomic E-state index is 0.281. The average molecular weight is 382 g/mol. The molecule has 0 aliphatic heterocycles. The van der Waals surface area contributed by atoms with Crippen LogP contribution in [-0.2, 0) is 17.4 Å². The van der Waals surface area contributed by atoms with Gasteiger partial charge in [0.25, 0.3) is 0 Å². The molecule has 3 rings (SSSR count). The summed E-state index contributed by atoms with van der Waals surface area (Å²) in [6.07, 6.45) is 1.95. The van der Waals surface area contributed by atoms with Gasteiger partial charge in [-0.05, 0) is 59.4 Å². The van der Waals surface area contributed by atoms with Crippen molar-refractivity contribution in [1.29, 1.82) is 0 Å². The van der Waals surface area contributed by atoms with Gasteiger partial charge in [-0.1, -0.05) is 62.4 Å². The number of aryl methyl sites for hydroxylation is 2.